The molecule has 3 aliphatic rings. The summed E-state index contributed by atoms with van der Waals surface area (Å²) in [7, 11) is -5.00. The van der Waals surface area contributed by atoms with Gasteiger partial charge in [-0.3, -0.25) is 0 Å². The number of hydrogen-bond donors (Lipinski definition) is 12. The molecule has 0 bridgehead atoms. The molecule has 0 aromatic heterocycles. The molecule has 0 amide bonds. The van der Waals surface area contributed by atoms with E-state index in [1.807, 2.05) is 0 Å². The van der Waals surface area contributed by atoms with Crippen LogP contribution in [-0.2, 0) is 41.9 Å². The Morgan fingerprint density at radius 1 is 0.463 bits per heavy atom. The molecule has 3 aliphatic heterocycles. The van der Waals surface area contributed by atoms with Crippen LogP contribution in [0.4, 0.5) is 0 Å². The highest BCUT2D eigenvalue weighted by molar-refractivity contribution is 6.59. The maximum atomic E-state index is 11.5. The lowest BCUT2D eigenvalue weighted by atomic mass is 9.99. The molecule has 3 heterocycles. The first-order valence-corrected chi connectivity index (χ1v) is 13.9. The van der Waals surface area contributed by atoms with Crippen molar-refractivity contribution in [3.8, 4) is 0 Å². The largest absolute Gasteiger partial charge is 0.503 e. The molecular formula is C19H30O21Si. The van der Waals surface area contributed by atoms with Gasteiger partial charge in [-0.1, -0.05) is 0 Å². The second-order valence-corrected chi connectivity index (χ2v) is 11.9. The molecule has 41 heavy (non-hydrogen) atoms. The first-order chi connectivity index (χ1) is 18.9. The minimum atomic E-state index is -5.00. The Morgan fingerprint density at radius 3 is 0.878 bits per heavy atom. The summed E-state index contributed by atoms with van der Waals surface area (Å²) in [4.78, 5) is 34.4. The number of ether oxygens (including phenoxy) is 3. The molecule has 3 fully saturated rings. The molecule has 0 aliphatic carbocycles. The Bertz CT molecular complexity index is 850. The van der Waals surface area contributed by atoms with Crippen LogP contribution in [0.2, 0.25) is 6.55 Å². The predicted octanol–water partition coefficient (Wildman–Crippen LogP) is -7.72. The number of carbonyl (C=O) groups is 3. The van der Waals surface area contributed by atoms with E-state index >= 15 is 0 Å². The second-order valence-electron chi connectivity index (χ2n) is 9.42. The lowest BCUT2D eigenvalue weighted by Gasteiger charge is -2.46. The third-order valence-electron chi connectivity index (χ3n) is 6.43. The molecule has 3 saturated heterocycles. The van der Waals surface area contributed by atoms with Crippen LogP contribution in [0, 0.1) is 0 Å². The fourth-order valence-corrected chi connectivity index (χ4v) is 6.18. The van der Waals surface area contributed by atoms with Crippen molar-refractivity contribution >= 4 is 26.7 Å². The zero-order chi connectivity index (χ0) is 31.1. The summed E-state index contributed by atoms with van der Waals surface area (Å²) >= 11 is 0. The molecule has 21 nitrogen and oxygen atoms in total. The molecule has 0 unspecified atom stereocenters. The van der Waals surface area contributed by atoms with Crippen molar-refractivity contribution in [2.75, 3.05) is 0 Å². The van der Waals surface area contributed by atoms with Crippen LogP contribution in [0.1, 0.15) is 0 Å². The molecule has 0 aromatic carbocycles. The Hall–Kier alpha value is -1.97. The van der Waals surface area contributed by atoms with E-state index < -0.39 is 119 Å². The molecule has 236 valence electrons. The lowest BCUT2D eigenvalue weighted by molar-refractivity contribution is -0.317. The molecule has 22 heteroatoms. The van der Waals surface area contributed by atoms with Gasteiger partial charge in [0, 0.05) is 6.55 Å². The van der Waals surface area contributed by atoms with Crippen LogP contribution >= 0.6 is 0 Å². The summed E-state index contributed by atoms with van der Waals surface area (Å²) in [5.74, 6) is -5.49. The molecule has 0 radical (unpaired) electrons. The number of rotatable bonds is 9. The highest BCUT2D eigenvalue weighted by Crippen LogP contribution is 2.32. The summed E-state index contributed by atoms with van der Waals surface area (Å²) < 4.78 is 31.2. The Balaban J connectivity index is 1.97. The fraction of sp³-hybridized carbons (Fsp3) is 0.842. The van der Waals surface area contributed by atoms with Crippen molar-refractivity contribution < 1.29 is 103 Å². The van der Waals surface area contributed by atoms with E-state index in [9.17, 15) is 75.7 Å². The van der Waals surface area contributed by atoms with E-state index in [4.69, 9.17) is 27.5 Å². The highest BCUT2D eigenvalue weighted by Gasteiger charge is 2.58. The van der Waals surface area contributed by atoms with Crippen molar-refractivity contribution in [2.24, 2.45) is 0 Å². The van der Waals surface area contributed by atoms with Gasteiger partial charge < -0.3 is 88.8 Å². The normalized spacial score (nSPS) is 45.7. The zero-order valence-corrected chi connectivity index (χ0v) is 21.7. The monoisotopic (exact) mass is 622 g/mol. The number of hydrogen-bond acceptors (Lipinski definition) is 18. The maximum absolute atomic E-state index is 11.5. The van der Waals surface area contributed by atoms with Crippen molar-refractivity contribution in [3.05, 3.63) is 0 Å². The molecule has 3 rings (SSSR count). The minimum absolute atomic E-state index is 0.836. The first kappa shape index (κ1) is 33.5. The first-order valence-electron chi connectivity index (χ1n) is 11.7. The number of aliphatic carboxylic acids is 3. The average Bonchev–Trinajstić information content (AvgIpc) is 2.89. The standard InChI is InChI=1S/C19H30O21Si/c1-41(38-17-8(26)2(20)5(23)11(35-17)14(29)30,39-18-9(27)3(21)6(24)12(36-18)15(31)32)40-19-10(28)4(22)7(25)13(37-19)16(33)34/h2-13,17-28H,1H3,(H,29,30)(H,31,32)(H,33,34)/t2-,3-,4-,5-,6-,7-,8-,9-,10-,11-,12-,13-,17-,18-,19-/m0/s1. The van der Waals surface area contributed by atoms with Gasteiger partial charge in [0.2, 0.25) is 0 Å². The molecule has 0 spiro atoms. The summed E-state index contributed by atoms with van der Waals surface area (Å²) in [6, 6.07) is 0. The van der Waals surface area contributed by atoms with Crippen LogP contribution in [0.3, 0.4) is 0 Å². The predicted molar refractivity (Wildman–Crippen MR) is 118 cm³/mol. The third kappa shape index (κ3) is 6.83. The van der Waals surface area contributed by atoms with Gasteiger partial charge in [0.1, 0.15) is 54.9 Å². The van der Waals surface area contributed by atoms with Gasteiger partial charge in [0.25, 0.3) is 0 Å². The van der Waals surface area contributed by atoms with Crippen LogP contribution in [-0.4, -0.2) is 180 Å². The van der Waals surface area contributed by atoms with Crippen molar-refractivity contribution in [2.45, 2.75) is 98.7 Å². The molecule has 12 N–H and O–H groups in total. The molecule has 15 atom stereocenters. The van der Waals surface area contributed by atoms with Crippen LogP contribution in [0.5, 0.6) is 0 Å². The average molecular weight is 623 g/mol. The van der Waals surface area contributed by atoms with Gasteiger partial charge in [-0.25, -0.2) is 14.4 Å². The minimum Gasteiger partial charge on any atom is -0.479 e. The summed E-state index contributed by atoms with van der Waals surface area (Å²) in [6.07, 6.45) is -33.3. The number of aliphatic hydroxyl groups excluding tert-OH is 9. The van der Waals surface area contributed by atoms with E-state index in [0.29, 0.717) is 0 Å². The van der Waals surface area contributed by atoms with Crippen LogP contribution < -0.4 is 0 Å². The van der Waals surface area contributed by atoms with E-state index in [2.05, 4.69) is 0 Å². The number of aliphatic hydroxyl groups is 9. The van der Waals surface area contributed by atoms with E-state index in [1.54, 1.807) is 0 Å². The fourth-order valence-electron chi connectivity index (χ4n) is 4.16. The topological polar surface area (TPSA) is 349 Å². The van der Waals surface area contributed by atoms with Gasteiger partial charge in [-0.15, -0.1) is 0 Å². The SMILES string of the molecule is C[Si](O[C@@H]1O[C@H](C(=O)O)[C@@H](O)[C@H](O)[C@@H]1O)(O[C@@H]1O[C@H](C(=O)O)[C@@H](O)[C@H](O)[C@@H]1O)O[C@@H]1O[C@H](C(=O)O)[C@@H](O)[C@H](O)[C@@H]1O. The summed E-state index contributed by atoms with van der Waals surface area (Å²) in [5.41, 5.74) is 0. The third-order valence-corrected chi connectivity index (χ3v) is 8.41. The van der Waals surface area contributed by atoms with Crippen molar-refractivity contribution in [1.82, 2.24) is 0 Å². The maximum Gasteiger partial charge on any atom is 0.503 e. The Kier molecular flexibility index (Phi) is 10.4. The van der Waals surface area contributed by atoms with Crippen LogP contribution in [0.25, 0.3) is 0 Å². The van der Waals surface area contributed by atoms with Crippen LogP contribution in [0.15, 0.2) is 0 Å². The number of carboxylic acid groups (broad SMARTS) is 3. The molecular weight excluding hydrogens is 592 g/mol. The van der Waals surface area contributed by atoms with Gasteiger partial charge in [-0.2, -0.15) is 0 Å². The lowest BCUT2D eigenvalue weighted by Crippen LogP contribution is -2.67. The molecule has 0 aromatic rings. The zero-order valence-electron chi connectivity index (χ0n) is 20.7. The van der Waals surface area contributed by atoms with Crippen molar-refractivity contribution in [1.29, 1.82) is 0 Å². The Labute approximate surface area is 229 Å². The van der Waals surface area contributed by atoms with Gasteiger partial charge in [0.05, 0.1) is 0 Å². The Morgan fingerprint density at radius 2 is 0.683 bits per heavy atom. The van der Waals surface area contributed by atoms with E-state index in [0.717, 1.165) is 6.55 Å². The van der Waals surface area contributed by atoms with Gasteiger partial charge in [-0.05, 0) is 0 Å². The van der Waals surface area contributed by atoms with Gasteiger partial charge >= 0.3 is 26.7 Å². The molecule has 0 saturated carbocycles. The summed E-state index contributed by atoms with van der Waals surface area (Å²) in [5, 5.41) is 119. The number of carboxylic acids is 3. The van der Waals surface area contributed by atoms with E-state index in [1.165, 1.54) is 0 Å². The smallest absolute Gasteiger partial charge is 0.479 e. The van der Waals surface area contributed by atoms with Gasteiger partial charge in [0.15, 0.2) is 37.2 Å². The van der Waals surface area contributed by atoms with Crippen molar-refractivity contribution in [3.63, 3.8) is 0 Å². The summed E-state index contributed by atoms with van der Waals surface area (Å²) in [6.45, 7) is 0.836. The second kappa shape index (κ2) is 12.7. The quantitative estimate of drug-likeness (QED) is 0.106. The van der Waals surface area contributed by atoms with E-state index in [-0.39, 0.29) is 0 Å². The highest BCUT2D eigenvalue weighted by atomic mass is 28.4.